The molecule has 0 aliphatic heterocycles. The number of esters is 1. The topological polar surface area (TPSA) is 55.8 Å². The van der Waals surface area contributed by atoms with Crippen LogP contribution < -0.4 is 0 Å². The first-order valence-corrected chi connectivity index (χ1v) is 7.81. The number of carbonyl (C=O) groups is 1. The molecule has 1 N–H and O–H groups in total. The minimum atomic E-state index is -1.31. The van der Waals surface area contributed by atoms with E-state index in [2.05, 4.69) is 27.3 Å². The summed E-state index contributed by atoms with van der Waals surface area (Å²) in [6.07, 6.45) is 2.08. The molecule has 1 saturated carbocycles. The van der Waals surface area contributed by atoms with Gasteiger partial charge in [-0.3, -0.25) is 0 Å². The summed E-state index contributed by atoms with van der Waals surface area (Å²) in [5.74, 6) is -0.670. The van der Waals surface area contributed by atoms with Crippen molar-refractivity contribution in [1.29, 1.82) is 0 Å². The number of hydrogen-bond acceptors (Lipinski definition) is 4. The van der Waals surface area contributed by atoms with Crippen molar-refractivity contribution in [3.8, 4) is 0 Å². The number of benzene rings is 1. The van der Waals surface area contributed by atoms with Crippen molar-refractivity contribution in [2.75, 3.05) is 7.11 Å². The molecule has 110 valence electrons. The van der Waals surface area contributed by atoms with E-state index in [0.29, 0.717) is 0 Å². The number of alkyl halides is 1. The van der Waals surface area contributed by atoms with E-state index in [-0.39, 0.29) is 3.61 Å². The molecule has 0 bridgehead atoms. The summed E-state index contributed by atoms with van der Waals surface area (Å²) in [5.41, 5.74) is 0.786. The van der Waals surface area contributed by atoms with Crippen LogP contribution in [0, 0.1) is 0 Å². The first kappa shape index (κ1) is 15.7. The molecule has 0 spiro atoms. The Bertz CT molecular complexity index is 442. The SMILES string of the molecule is COC(=O)[C@H](O)[C@@H](OC1(I)CCCC1)c1ccccc1. The van der Waals surface area contributed by atoms with Gasteiger partial charge in [0.25, 0.3) is 0 Å². The second-order valence-electron chi connectivity index (χ2n) is 5.01. The second-order valence-corrected chi connectivity index (χ2v) is 6.97. The maximum atomic E-state index is 11.7. The Morgan fingerprint density at radius 3 is 2.45 bits per heavy atom. The highest BCUT2D eigenvalue weighted by Gasteiger charge is 2.39. The highest BCUT2D eigenvalue weighted by molar-refractivity contribution is 14.1. The van der Waals surface area contributed by atoms with E-state index in [0.717, 1.165) is 31.2 Å². The monoisotopic (exact) mass is 390 g/mol. The van der Waals surface area contributed by atoms with Gasteiger partial charge in [0, 0.05) is 0 Å². The standard InChI is InChI=1S/C15H19IO4/c1-19-14(18)12(17)13(11-7-3-2-4-8-11)20-15(16)9-5-6-10-15/h2-4,7-8,12-13,17H,5-6,9-10H2,1H3/t12-,13+/m1/s1. The summed E-state index contributed by atoms with van der Waals surface area (Å²) < 4.78 is 10.4. The van der Waals surface area contributed by atoms with E-state index in [4.69, 9.17) is 4.74 Å². The van der Waals surface area contributed by atoms with Crippen molar-refractivity contribution in [2.24, 2.45) is 0 Å². The third-order valence-corrected chi connectivity index (χ3v) is 4.88. The molecule has 1 aromatic carbocycles. The van der Waals surface area contributed by atoms with E-state index in [1.807, 2.05) is 30.3 Å². The third-order valence-electron chi connectivity index (χ3n) is 3.55. The molecule has 0 unspecified atom stereocenters. The van der Waals surface area contributed by atoms with Gasteiger partial charge < -0.3 is 14.6 Å². The third kappa shape index (κ3) is 3.71. The zero-order valence-corrected chi connectivity index (χ0v) is 13.6. The lowest BCUT2D eigenvalue weighted by Gasteiger charge is -2.31. The summed E-state index contributed by atoms with van der Waals surface area (Å²) in [6.45, 7) is 0. The quantitative estimate of drug-likeness (QED) is 0.477. The molecular formula is C15H19IO4. The summed E-state index contributed by atoms with van der Waals surface area (Å²) in [7, 11) is 1.27. The zero-order valence-electron chi connectivity index (χ0n) is 11.4. The fraction of sp³-hybridized carbons (Fsp3) is 0.533. The molecular weight excluding hydrogens is 371 g/mol. The van der Waals surface area contributed by atoms with Crippen molar-refractivity contribution >= 4 is 28.6 Å². The molecule has 1 fully saturated rings. The van der Waals surface area contributed by atoms with Crippen LogP contribution in [0.25, 0.3) is 0 Å². The largest absolute Gasteiger partial charge is 0.467 e. The van der Waals surface area contributed by atoms with Gasteiger partial charge in [0.2, 0.25) is 0 Å². The summed E-state index contributed by atoms with van der Waals surface area (Å²) in [4.78, 5) is 11.7. The molecule has 0 saturated heterocycles. The fourth-order valence-corrected chi connectivity index (χ4v) is 3.49. The van der Waals surface area contributed by atoms with Crippen molar-refractivity contribution in [2.45, 2.75) is 41.5 Å². The number of methoxy groups -OCH3 is 1. The van der Waals surface area contributed by atoms with Crippen LogP contribution in [0.3, 0.4) is 0 Å². The van der Waals surface area contributed by atoms with Gasteiger partial charge in [-0.15, -0.1) is 0 Å². The van der Waals surface area contributed by atoms with Crippen molar-refractivity contribution < 1.29 is 19.4 Å². The van der Waals surface area contributed by atoms with Crippen LogP contribution in [-0.2, 0) is 14.3 Å². The normalized spacial score (nSPS) is 20.4. The van der Waals surface area contributed by atoms with Crippen molar-refractivity contribution in [3.63, 3.8) is 0 Å². The molecule has 20 heavy (non-hydrogen) atoms. The van der Waals surface area contributed by atoms with Crippen LogP contribution in [-0.4, -0.2) is 27.9 Å². The molecule has 0 amide bonds. The maximum absolute atomic E-state index is 11.7. The Hall–Kier alpha value is -0.660. The highest BCUT2D eigenvalue weighted by Crippen LogP contribution is 2.43. The van der Waals surface area contributed by atoms with Crippen LogP contribution in [0.2, 0.25) is 0 Å². The average Bonchev–Trinajstić information content (AvgIpc) is 2.91. The molecule has 5 heteroatoms. The smallest absolute Gasteiger partial charge is 0.337 e. The molecule has 2 rings (SSSR count). The number of rotatable bonds is 5. The molecule has 0 aromatic heterocycles. The maximum Gasteiger partial charge on any atom is 0.337 e. The lowest BCUT2D eigenvalue weighted by atomic mass is 10.0. The van der Waals surface area contributed by atoms with Gasteiger partial charge in [-0.2, -0.15) is 0 Å². The minimum absolute atomic E-state index is 0.312. The predicted octanol–water partition coefficient (Wildman–Crippen LogP) is 2.98. The van der Waals surface area contributed by atoms with Crippen LogP contribution in [0.4, 0.5) is 0 Å². The number of carbonyl (C=O) groups excluding carboxylic acids is 1. The number of halogens is 1. The highest BCUT2D eigenvalue weighted by atomic mass is 127. The van der Waals surface area contributed by atoms with Crippen LogP contribution in [0.15, 0.2) is 30.3 Å². The van der Waals surface area contributed by atoms with Crippen molar-refractivity contribution in [3.05, 3.63) is 35.9 Å². The van der Waals surface area contributed by atoms with Gasteiger partial charge in [0.15, 0.2) is 6.10 Å². The Labute approximate surface area is 132 Å². The Morgan fingerprint density at radius 2 is 1.90 bits per heavy atom. The molecule has 2 atom stereocenters. The number of aliphatic hydroxyl groups excluding tert-OH is 1. The molecule has 1 aromatic rings. The average molecular weight is 390 g/mol. The lowest BCUT2D eigenvalue weighted by molar-refractivity contribution is -0.164. The van der Waals surface area contributed by atoms with Gasteiger partial charge in [0.1, 0.15) is 9.71 Å². The molecule has 0 radical (unpaired) electrons. The molecule has 1 aliphatic carbocycles. The molecule has 4 nitrogen and oxygen atoms in total. The van der Waals surface area contributed by atoms with E-state index < -0.39 is 18.2 Å². The Balaban J connectivity index is 2.22. The van der Waals surface area contributed by atoms with Gasteiger partial charge in [-0.25, -0.2) is 4.79 Å². The first-order chi connectivity index (χ1) is 9.56. The van der Waals surface area contributed by atoms with E-state index in [9.17, 15) is 9.90 Å². The number of hydrogen-bond donors (Lipinski definition) is 1. The summed E-state index contributed by atoms with van der Waals surface area (Å²) in [6, 6.07) is 9.33. The zero-order chi connectivity index (χ0) is 14.6. The fourth-order valence-electron chi connectivity index (χ4n) is 2.45. The van der Waals surface area contributed by atoms with Crippen molar-refractivity contribution in [1.82, 2.24) is 0 Å². The van der Waals surface area contributed by atoms with E-state index >= 15 is 0 Å². The van der Waals surface area contributed by atoms with E-state index in [1.165, 1.54) is 7.11 Å². The van der Waals surface area contributed by atoms with Crippen LogP contribution >= 0.6 is 22.6 Å². The van der Waals surface area contributed by atoms with Gasteiger partial charge in [-0.05, 0) is 53.8 Å². The van der Waals surface area contributed by atoms with Gasteiger partial charge in [-0.1, -0.05) is 30.3 Å². The molecule has 0 heterocycles. The number of ether oxygens (including phenoxy) is 2. The van der Waals surface area contributed by atoms with Gasteiger partial charge in [0.05, 0.1) is 7.11 Å². The van der Waals surface area contributed by atoms with E-state index in [1.54, 1.807) is 0 Å². The second kappa shape index (κ2) is 6.87. The number of aliphatic hydroxyl groups is 1. The van der Waals surface area contributed by atoms with Crippen LogP contribution in [0.1, 0.15) is 37.4 Å². The predicted molar refractivity (Wildman–Crippen MR) is 83.5 cm³/mol. The van der Waals surface area contributed by atoms with Gasteiger partial charge >= 0.3 is 5.97 Å². The lowest BCUT2D eigenvalue weighted by Crippen LogP contribution is -2.35. The Morgan fingerprint density at radius 1 is 1.30 bits per heavy atom. The summed E-state index contributed by atoms with van der Waals surface area (Å²) in [5, 5.41) is 10.2. The molecule has 1 aliphatic rings. The Kier molecular flexibility index (Phi) is 5.40. The first-order valence-electron chi connectivity index (χ1n) is 6.73. The minimum Gasteiger partial charge on any atom is -0.467 e. The summed E-state index contributed by atoms with van der Waals surface area (Å²) >= 11 is 2.29. The van der Waals surface area contributed by atoms with Crippen LogP contribution in [0.5, 0.6) is 0 Å².